The maximum atomic E-state index is 13.4. The van der Waals surface area contributed by atoms with Gasteiger partial charge in [-0.2, -0.15) is 4.98 Å². The lowest BCUT2D eigenvalue weighted by molar-refractivity contribution is 0.0917. The highest BCUT2D eigenvalue weighted by molar-refractivity contribution is 7.22. The first-order valence-corrected chi connectivity index (χ1v) is 10.7. The van der Waals surface area contributed by atoms with Crippen LogP contribution in [0.3, 0.4) is 0 Å². The zero-order valence-electron chi connectivity index (χ0n) is 16.4. The van der Waals surface area contributed by atoms with E-state index in [-0.39, 0.29) is 12.0 Å². The Morgan fingerprint density at radius 2 is 2.00 bits per heavy atom. The molecule has 0 bridgehead atoms. The summed E-state index contributed by atoms with van der Waals surface area (Å²) in [6.07, 6.45) is 2.00. The van der Waals surface area contributed by atoms with Crippen LogP contribution in [0.1, 0.15) is 29.0 Å². The third-order valence-corrected chi connectivity index (χ3v) is 6.13. The van der Waals surface area contributed by atoms with Crippen molar-refractivity contribution in [3.05, 3.63) is 59.9 Å². The first kappa shape index (κ1) is 18.9. The van der Waals surface area contributed by atoms with Crippen LogP contribution in [0, 0.1) is 6.92 Å². The third kappa shape index (κ3) is 3.71. The molecule has 1 aliphatic heterocycles. The van der Waals surface area contributed by atoms with Crippen molar-refractivity contribution >= 4 is 32.6 Å². The van der Waals surface area contributed by atoms with Crippen LogP contribution in [0.2, 0.25) is 0 Å². The van der Waals surface area contributed by atoms with Crippen LogP contribution < -0.4 is 4.90 Å². The summed E-state index contributed by atoms with van der Waals surface area (Å²) in [7, 11) is 0. The first-order valence-electron chi connectivity index (χ1n) is 9.87. The molecule has 7 nitrogen and oxygen atoms in total. The Hall–Kier alpha value is -3.10. The molecule has 0 aliphatic carbocycles. The van der Waals surface area contributed by atoms with Gasteiger partial charge >= 0.3 is 0 Å². The normalized spacial score (nSPS) is 16.2. The van der Waals surface area contributed by atoms with E-state index >= 15 is 0 Å². The SMILES string of the molecule is Cc1noc(-c2ccc(C(=O)N(CC3CCCO3)c3nc4ccccc4s3)cc2)n1. The first-order chi connectivity index (χ1) is 14.7. The van der Waals surface area contributed by atoms with Gasteiger partial charge in [0.2, 0.25) is 0 Å². The number of benzene rings is 2. The van der Waals surface area contributed by atoms with Gasteiger partial charge in [-0.15, -0.1) is 0 Å². The molecule has 0 radical (unpaired) electrons. The van der Waals surface area contributed by atoms with Crippen LogP contribution in [0.5, 0.6) is 0 Å². The summed E-state index contributed by atoms with van der Waals surface area (Å²) in [5.41, 5.74) is 2.25. The van der Waals surface area contributed by atoms with Crippen molar-refractivity contribution in [3.8, 4) is 11.5 Å². The van der Waals surface area contributed by atoms with E-state index in [4.69, 9.17) is 14.2 Å². The molecule has 1 amide bonds. The molecule has 152 valence electrons. The van der Waals surface area contributed by atoms with Crippen molar-refractivity contribution in [2.75, 3.05) is 18.1 Å². The number of carbonyl (C=O) groups is 1. The molecule has 1 saturated heterocycles. The molecule has 1 unspecified atom stereocenters. The maximum absolute atomic E-state index is 13.4. The van der Waals surface area contributed by atoms with E-state index in [0.29, 0.717) is 29.0 Å². The average molecular weight is 420 g/mol. The fourth-order valence-corrected chi connectivity index (χ4v) is 4.51. The lowest BCUT2D eigenvalue weighted by Gasteiger charge is -2.23. The number of thiazole rings is 1. The van der Waals surface area contributed by atoms with Gasteiger partial charge < -0.3 is 9.26 Å². The molecule has 0 N–H and O–H groups in total. The van der Waals surface area contributed by atoms with E-state index in [1.54, 1.807) is 24.0 Å². The number of anilines is 1. The number of amides is 1. The Kier molecular flexibility index (Phi) is 5.02. The smallest absolute Gasteiger partial charge is 0.260 e. The molecule has 2 aromatic carbocycles. The van der Waals surface area contributed by atoms with Crippen molar-refractivity contribution in [2.45, 2.75) is 25.9 Å². The molecule has 1 aliphatic rings. The molecule has 4 aromatic rings. The summed E-state index contributed by atoms with van der Waals surface area (Å²) in [4.78, 5) is 24.1. The lowest BCUT2D eigenvalue weighted by atomic mass is 10.1. The summed E-state index contributed by atoms with van der Waals surface area (Å²) < 4.78 is 12.1. The molecular weight excluding hydrogens is 400 g/mol. The van der Waals surface area contributed by atoms with E-state index in [9.17, 15) is 4.79 Å². The number of carbonyl (C=O) groups excluding carboxylic acids is 1. The number of nitrogens with zero attached hydrogens (tertiary/aromatic N) is 4. The quantitative estimate of drug-likeness (QED) is 0.473. The van der Waals surface area contributed by atoms with Crippen molar-refractivity contribution in [1.29, 1.82) is 0 Å². The fraction of sp³-hybridized carbons (Fsp3) is 0.273. The lowest BCUT2D eigenvalue weighted by Crippen LogP contribution is -2.37. The number of hydrogen-bond acceptors (Lipinski definition) is 7. The van der Waals surface area contributed by atoms with Gasteiger partial charge in [-0.25, -0.2) is 4.98 Å². The Morgan fingerprint density at radius 1 is 1.17 bits per heavy atom. The van der Waals surface area contributed by atoms with Gasteiger partial charge in [-0.1, -0.05) is 28.6 Å². The van der Waals surface area contributed by atoms with Crippen LogP contribution >= 0.6 is 11.3 Å². The van der Waals surface area contributed by atoms with E-state index in [1.807, 2.05) is 36.4 Å². The van der Waals surface area contributed by atoms with E-state index in [2.05, 4.69) is 10.1 Å². The van der Waals surface area contributed by atoms with Gasteiger partial charge in [-0.05, 0) is 56.2 Å². The Balaban J connectivity index is 1.46. The molecule has 1 fully saturated rings. The number of aromatic nitrogens is 3. The predicted molar refractivity (Wildman–Crippen MR) is 115 cm³/mol. The highest BCUT2D eigenvalue weighted by atomic mass is 32.1. The molecule has 5 rings (SSSR count). The number of hydrogen-bond donors (Lipinski definition) is 0. The number of para-hydroxylation sites is 1. The molecule has 0 spiro atoms. The fourth-order valence-electron chi connectivity index (χ4n) is 3.54. The zero-order valence-corrected chi connectivity index (χ0v) is 17.3. The van der Waals surface area contributed by atoms with E-state index in [1.165, 1.54) is 11.3 Å². The molecular formula is C22H20N4O3S. The van der Waals surface area contributed by atoms with Crippen LogP contribution in [0.15, 0.2) is 53.1 Å². The minimum Gasteiger partial charge on any atom is -0.376 e. The van der Waals surface area contributed by atoms with Crippen molar-refractivity contribution in [2.24, 2.45) is 0 Å². The minimum atomic E-state index is -0.0992. The Morgan fingerprint density at radius 3 is 2.70 bits per heavy atom. The maximum Gasteiger partial charge on any atom is 0.260 e. The second-order valence-electron chi connectivity index (χ2n) is 7.24. The topological polar surface area (TPSA) is 81.4 Å². The predicted octanol–water partition coefficient (Wildman–Crippen LogP) is 4.48. The summed E-state index contributed by atoms with van der Waals surface area (Å²) >= 11 is 1.52. The van der Waals surface area contributed by atoms with Crippen molar-refractivity contribution in [3.63, 3.8) is 0 Å². The van der Waals surface area contributed by atoms with Gasteiger partial charge in [0.15, 0.2) is 11.0 Å². The van der Waals surface area contributed by atoms with E-state index < -0.39 is 0 Å². The molecule has 30 heavy (non-hydrogen) atoms. The van der Waals surface area contributed by atoms with Crippen LogP contribution in [-0.4, -0.2) is 40.3 Å². The van der Waals surface area contributed by atoms with Crippen molar-refractivity contribution < 1.29 is 14.1 Å². The second kappa shape index (κ2) is 7.97. The zero-order chi connectivity index (χ0) is 20.5. The van der Waals surface area contributed by atoms with E-state index in [0.717, 1.165) is 35.2 Å². The van der Waals surface area contributed by atoms with Crippen LogP contribution in [0.25, 0.3) is 21.7 Å². The summed E-state index contributed by atoms with van der Waals surface area (Å²) in [6, 6.07) is 15.1. The number of ether oxygens (including phenoxy) is 1. The highest BCUT2D eigenvalue weighted by Crippen LogP contribution is 2.31. The minimum absolute atomic E-state index is 0.0293. The molecule has 1 atom stereocenters. The second-order valence-corrected chi connectivity index (χ2v) is 8.25. The molecule has 3 heterocycles. The summed E-state index contributed by atoms with van der Waals surface area (Å²) in [6.45, 7) is 3.00. The van der Waals surface area contributed by atoms with Gasteiger partial charge in [0.05, 0.1) is 22.9 Å². The third-order valence-electron chi connectivity index (χ3n) is 5.08. The number of fused-ring (bicyclic) bond motifs is 1. The highest BCUT2D eigenvalue weighted by Gasteiger charge is 2.27. The number of rotatable bonds is 5. The largest absolute Gasteiger partial charge is 0.376 e. The van der Waals surface area contributed by atoms with Crippen LogP contribution in [0.4, 0.5) is 5.13 Å². The summed E-state index contributed by atoms with van der Waals surface area (Å²) in [5, 5.41) is 4.50. The standard InChI is InChI=1S/C22H20N4O3S/c1-14-23-20(29-25-14)15-8-10-16(11-9-15)21(27)26(13-17-5-4-12-28-17)22-24-18-6-2-3-7-19(18)30-22/h2-3,6-11,17H,4-5,12-13H2,1H3. The Labute approximate surface area is 177 Å². The van der Waals surface area contributed by atoms with Gasteiger partial charge in [0.25, 0.3) is 11.8 Å². The Bertz CT molecular complexity index is 1150. The molecule has 2 aromatic heterocycles. The van der Waals surface area contributed by atoms with Crippen molar-refractivity contribution in [1.82, 2.24) is 15.1 Å². The average Bonchev–Trinajstić information content (AvgIpc) is 3.52. The van der Waals surface area contributed by atoms with Gasteiger partial charge in [-0.3, -0.25) is 9.69 Å². The number of aryl methyl sites for hydroxylation is 1. The summed E-state index contributed by atoms with van der Waals surface area (Å²) in [5.74, 6) is 0.912. The molecule has 0 saturated carbocycles. The molecule has 8 heteroatoms. The van der Waals surface area contributed by atoms with Gasteiger partial charge in [0, 0.05) is 17.7 Å². The van der Waals surface area contributed by atoms with Gasteiger partial charge in [0.1, 0.15) is 0 Å². The van der Waals surface area contributed by atoms with Crippen LogP contribution in [-0.2, 0) is 4.74 Å². The monoisotopic (exact) mass is 420 g/mol.